The molecule has 0 radical (unpaired) electrons. The second-order valence-corrected chi connectivity index (χ2v) is 9.87. The minimum absolute atomic E-state index is 0.0885. The van der Waals surface area contributed by atoms with E-state index in [4.69, 9.17) is 0 Å². The second kappa shape index (κ2) is 9.15. The minimum Gasteiger partial charge on any atom is -0.465 e. The molecular weight excluding hydrogens is 423 g/mol. The topological polar surface area (TPSA) is 92.8 Å². The molecule has 0 spiro atoms. The van der Waals surface area contributed by atoms with Gasteiger partial charge >= 0.3 is 5.97 Å². The van der Waals surface area contributed by atoms with Crippen LogP contribution in [0.25, 0.3) is 0 Å². The molecule has 3 rings (SSSR count). The van der Waals surface area contributed by atoms with Gasteiger partial charge in [-0.25, -0.2) is 17.6 Å². The molecule has 2 aromatic rings. The number of nitrogens with zero attached hydrogens (tertiary/aromatic N) is 1. The number of benzene rings is 2. The van der Waals surface area contributed by atoms with E-state index >= 15 is 0 Å². The van der Waals surface area contributed by atoms with E-state index in [9.17, 15) is 22.4 Å². The van der Waals surface area contributed by atoms with Crippen molar-refractivity contribution in [2.24, 2.45) is 11.8 Å². The fourth-order valence-corrected chi connectivity index (χ4v) is 5.47. The van der Waals surface area contributed by atoms with Crippen LogP contribution >= 0.6 is 0 Å². The summed E-state index contributed by atoms with van der Waals surface area (Å²) in [7, 11) is -2.46. The molecule has 1 heterocycles. The van der Waals surface area contributed by atoms with Crippen LogP contribution in [-0.2, 0) is 14.8 Å². The van der Waals surface area contributed by atoms with E-state index in [1.54, 1.807) is 0 Å². The molecule has 31 heavy (non-hydrogen) atoms. The summed E-state index contributed by atoms with van der Waals surface area (Å²) in [6, 6.07) is 8.97. The summed E-state index contributed by atoms with van der Waals surface area (Å²) < 4.78 is 46.0. The number of hydrogen-bond acceptors (Lipinski definition) is 5. The van der Waals surface area contributed by atoms with E-state index in [1.807, 2.05) is 13.8 Å². The smallest absolute Gasteiger partial charge is 0.337 e. The van der Waals surface area contributed by atoms with Crippen molar-refractivity contribution in [3.05, 3.63) is 59.4 Å². The normalized spacial score (nSPS) is 19.6. The van der Waals surface area contributed by atoms with Gasteiger partial charge in [0, 0.05) is 18.7 Å². The summed E-state index contributed by atoms with van der Waals surface area (Å²) in [5, 5.41) is 2.40. The zero-order chi connectivity index (χ0) is 22.8. The summed E-state index contributed by atoms with van der Waals surface area (Å²) in [6.45, 7) is 4.98. The van der Waals surface area contributed by atoms with Gasteiger partial charge in [0.15, 0.2) is 0 Å². The molecule has 2 unspecified atom stereocenters. The Labute approximate surface area is 181 Å². The number of piperidine rings is 1. The molecule has 7 nitrogen and oxygen atoms in total. The Hall–Kier alpha value is -2.78. The van der Waals surface area contributed by atoms with Gasteiger partial charge in [0.05, 0.1) is 23.3 Å². The van der Waals surface area contributed by atoms with Crippen LogP contribution in [0.2, 0.25) is 0 Å². The Morgan fingerprint density at radius 2 is 1.61 bits per heavy atom. The number of carbonyl (C=O) groups is 2. The van der Waals surface area contributed by atoms with E-state index in [0.717, 1.165) is 12.5 Å². The van der Waals surface area contributed by atoms with Crippen molar-refractivity contribution in [1.82, 2.24) is 4.31 Å². The lowest BCUT2D eigenvalue weighted by Gasteiger charge is -2.34. The van der Waals surface area contributed by atoms with Crippen molar-refractivity contribution in [1.29, 1.82) is 0 Å². The molecular formula is C22H25FN2O5S. The molecule has 9 heteroatoms. The number of esters is 1. The first-order valence-corrected chi connectivity index (χ1v) is 11.3. The van der Waals surface area contributed by atoms with Gasteiger partial charge in [-0.2, -0.15) is 4.31 Å². The molecule has 0 bridgehead atoms. The number of carbonyl (C=O) groups excluding carboxylic acids is 2. The highest BCUT2D eigenvalue weighted by Gasteiger charge is 2.31. The summed E-state index contributed by atoms with van der Waals surface area (Å²) in [6.07, 6.45) is 0.985. The first kappa shape index (κ1) is 22.9. The van der Waals surface area contributed by atoms with Crippen LogP contribution < -0.4 is 5.32 Å². The van der Waals surface area contributed by atoms with Gasteiger partial charge < -0.3 is 10.1 Å². The zero-order valence-electron chi connectivity index (χ0n) is 17.6. The molecule has 0 saturated carbocycles. The number of hydrogen-bond donors (Lipinski definition) is 1. The highest BCUT2D eigenvalue weighted by atomic mass is 32.2. The quantitative estimate of drug-likeness (QED) is 0.707. The van der Waals surface area contributed by atoms with Gasteiger partial charge in [-0.1, -0.05) is 13.8 Å². The number of anilines is 1. The Bertz CT molecular complexity index is 1080. The van der Waals surface area contributed by atoms with E-state index in [-0.39, 0.29) is 33.5 Å². The van der Waals surface area contributed by atoms with Crippen LogP contribution in [0.1, 0.15) is 41.0 Å². The summed E-state index contributed by atoms with van der Waals surface area (Å²) in [4.78, 5) is 24.2. The first-order valence-electron chi connectivity index (χ1n) is 9.91. The van der Waals surface area contributed by atoms with Crippen LogP contribution in [0, 0.1) is 17.7 Å². The fourth-order valence-electron chi connectivity index (χ4n) is 3.79. The number of methoxy groups -OCH3 is 1. The molecule has 166 valence electrons. The standard InChI is InChI=1S/C22H25FN2O5S/c1-14-10-15(2)13-25(12-14)31(28,29)18-7-4-16(5-8-18)21(26)24-20-11-17(22(27)30-3)6-9-19(20)23/h4-9,11,14-15H,10,12-13H2,1-3H3,(H,24,26). The van der Waals surface area contributed by atoms with Gasteiger partial charge in [0.1, 0.15) is 5.82 Å². The average Bonchev–Trinajstić information content (AvgIpc) is 2.74. The number of ether oxygens (including phenoxy) is 1. The van der Waals surface area contributed by atoms with Gasteiger partial charge in [-0.3, -0.25) is 4.79 Å². The Balaban J connectivity index is 1.77. The molecule has 0 aromatic heterocycles. The van der Waals surface area contributed by atoms with Gasteiger partial charge in [-0.05, 0) is 60.7 Å². The second-order valence-electron chi connectivity index (χ2n) is 7.93. The van der Waals surface area contributed by atoms with E-state index in [2.05, 4.69) is 10.1 Å². The van der Waals surface area contributed by atoms with Gasteiger partial charge in [-0.15, -0.1) is 0 Å². The third kappa shape index (κ3) is 5.11. The van der Waals surface area contributed by atoms with E-state index in [1.165, 1.54) is 47.8 Å². The molecule has 1 saturated heterocycles. The van der Waals surface area contributed by atoms with Crippen molar-refractivity contribution in [2.75, 3.05) is 25.5 Å². The predicted molar refractivity (Wildman–Crippen MR) is 114 cm³/mol. The minimum atomic E-state index is -3.66. The highest BCUT2D eigenvalue weighted by Crippen LogP contribution is 2.27. The summed E-state index contributed by atoms with van der Waals surface area (Å²) in [5.41, 5.74) is 0.0636. The summed E-state index contributed by atoms with van der Waals surface area (Å²) >= 11 is 0. The maximum Gasteiger partial charge on any atom is 0.337 e. The zero-order valence-corrected chi connectivity index (χ0v) is 18.4. The van der Waals surface area contributed by atoms with Crippen LogP contribution in [0.5, 0.6) is 0 Å². The van der Waals surface area contributed by atoms with Crippen molar-refractivity contribution in [3.8, 4) is 0 Å². The number of sulfonamides is 1. The molecule has 2 aromatic carbocycles. The number of amides is 1. The molecule has 1 amide bonds. The van der Waals surface area contributed by atoms with Crippen LogP contribution in [0.3, 0.4) is 0 Å². The Morgan fingerprint density at radius 3 is 2.19 bits per heavy atom. The predicted octanol–water partition coefficient (Wildman–Crippen LogP) is 3.53. The molecule has 1 N–H and O–H groups in total. The average molecular weight is 449 g/mol. The van der Waals surface area contributed by atoms with Crippen molar-refractivity contribution >= 4 is 27.6 Å². The molecule has 1 aliphatic rings. The van der Waals surface area contributed by atoms with E-state index in [0.29, 0.717) is 13.1 Å². The number of halogens is 1. The Kier molecular flexibility index (Phi) is 6.76. The lowest BCUT2D eigenvalue weighted by Crippen LogP contribution is -2.42. The monoisotopic (exact) mass is 448 g/mol. The van der Waals surface area contributed by atoms with Crippen molar-refractivity contribution in [3.63, 3.8) is 0 Å². The maximum atomic E-state index is 14.1. The van der Waals surface area contributed by atoms with Crippen molar-refractivity contribution in [2.45, 2.75) is 25.2 Å². The molecule has 1 aliphatic heterocycles. The summed E-state index contributed by atoms with van der Waals surface area (Å²) in [5.74, 6) is -1.46. The largest absolute Gasteiger partial charge is 0.465 e. The maximum absolute atomic E-state index is 14.1. The van der Waals surface area contributed by atoms with Crippen LogP contribution in [-0.4, -0.2) is 44.8 Å². The van der Waals surface area contributed by atoms with Crippen LogP contribution in [0.15, 0.2) is 47.4 Å². The fraction of sp³-hybridized carbons (Fsp3) is 0.364. The molecule has 0 aliphatic carbocycles. The molecule has 1 fully saturated rings. The van der Waals surface area contributed by atoms with Gasteiger partial charge in [0.25, 0.3) is 5.91 Å². The number of rotatable bonds is 5. The SMILES string of the molecule is COC(=O)c1ccc(F)c(NC(=O)c2ccc(S(=O)(=O)N3CC(C)CC(C)C3)cc2)c1. The Morgan fingerprint density at radius 1 is 1.03 bits per heavy atom. The van der Waals surface area contributed by atoms with Gasteiger partial charge in [0.2, 0.25) is 10.0 Å². The molecule has 2 atom stereocenters. The lowest BCUT2D eigenvalue weighted by molar-refractivity contribution is 0.0600. The third-order valence-corrected chi connectivity index (χ3v) is 7.07. The number of nitrogens with one attached hydrogen (secondary N) is 1. The van der Waals surface area contributed by atoms with Crippen molar-refractivity contribution < 1.29 is 27.1 Å². The third-order valence-electron chi connectivity index (χ3n) is 5.23. The highest BCUT2D eigenvalue weighted by molar-refractivity contribution is 7.89. The van der Waals surface area contributed by atoms with Crippen LogP contribution in [0.4, 0.5) is 10.1 Å². The van der Waals surface area contributed by atoms with E-state index < -0.39 is 27.7 Å². The first-order chi connectivity index (χ1) is 14.6. The lowest BCUT2D eigenvalue weighted by atomic mass is 9.94.